The Morgan fingerprint density at radius 1 is 1.13 bits per heavy atom. The van der Waals surface area contributed by atoms with Gasteiger partial charge in [-0.3, -0.25) is 9.36 Å². The molecule has 7 nitrogen and oxygen atoms in total. The number of ether oxygens (including phenoxy) is 3. The summed E-state index contributed by atoms with van der Waals surface area (Å²) in [6.45, 7) is 14.1. The number of allylic oxidation sites excluding steroid dienone is 1. The Morgan fingerprint density at radius 3 is 2.41 bits per heavy atom. The van der Waals surface area contributed by atoms with Gasteiger partial charge in [0, 0.05) is 0 Å². The number of esters is 1. The Morgan fingerprint density at radius 2 is 1.82 bits per heavy atom. The van der Waals surface area contributed by atoms with E-state index in [0.29, 0.717) is 27.2 Å². The smallest absolute Gasteiger partial charge is 0.338 e. The van der Waals surface area contributed by atoms with Crippen LogP contribution in [0.15, 0.2) is 57.5 Å². The summed E-state index contributed by atoms with van der Waals surface area (Å²) in [6, 6.07) is 10.9. The maximum Gasteiger partial charge on any atom is 0.338 e. The highest BCUT2D eigenvalue weighted by atomic mass is 32.1. The van der Waals surface area contributed by atoms with E-state index in [9.17, 15) is 9.59 Å². The fraction of sp³-hybridized carbons (Fsp3) is 0.387. The molecule has 0 spiro atoms. The molecule has 206 valence electrons. The topological polar surface area (TPSA) is 79.1 Å². The first-order valence-corrected chi connectivity index (χ1v) is 14.0. The first kappa shape index (κ1) is 28.4. The maximum atomic E-state index is 14.0. The first-order valence-electron chi connectivity index (χ1n) is 13.2. The summed E-state index contributed by atoms with van der Waals surface area (Å²) in [5.41, 5.74) is 4.48. The number of carbonyl (C=O) groups is 1. The zero-order valence-corrected chi connectivity index (χ0v) is 24.6. The van der Waals surface area contributed by atoms with Crippen LogP contribution in [0.2, 0.25) is 0 Å². The molecule has 0 aliphatic carbocycles. The number of carbonyl (C=O) groups excluding carboxylic acids is 1. The van der Waals surface area contributed by atoms with E-state index < -0.39 is 12.0 Å². The predicted octanol–water partition coefficient (Wildman–Crippen LogP) is 5.03. The molecule has 2 aromatic carbocycles. The van der Waals surface area contributed by atoms with Crippen molar-refractivity contribution in [3.05, 3.63) is 89.6 Å². The van der Waals surface area contributed by atoms with Crippen molar-refractivity contribution in [3.63, 3.8) is 0 Å². The summed E-state index contributed by atoms with van der Waals surface area (Å²) in [5, 5.41) is 0. The number of rotatable bonds is 8. The molecule has 1 aliphatic rings. The van der Waals surface area contributed by atoms with Crippen LogP contribution in [0.3, 0.4) is 0 Å². The third kappa shape index (κ3) is 5.71. The summed E-state index contributed by atoms with van der Waals surface area (Å²) in [5.74, 6) is 1.33. The monoisotopic (exact) mass is 548 g/mol. The Balaban J connectivity index is 1.93. The SMILES string of the molecule is CCOc1ccc([C@H]2C(C(=O)OC(C)C)=C(C)N=c3s/c(=C\c4cc(C(C)C)c(OC)cc4C)c(=O)n32)cc1. The molecule has 1 aromatic heterocycles. The molecule has 0 N–H and O–H groups in total. The molecule has 39 heavy (non-hydrogen) atoms. The number of hydrogen-bond donors (Lipinski definition) is 0. The molecule has 0 amide bonds. The van der Waals surface area contributed by atoms with Crippen LogP contribution in [0.4, 0.5) is 0 Å². The van der Waals surface area contributed by atoms with Crippen molar-refractivity contribution < 1.29 is 19.0 Å². The maximum absolute atomic E-state index is 14.0. The van der Waals surface area contributed by atoms with E-state index in [1.54, 1.807) is 32.4 Å². The minimum absolute atomic E-state index is 0.207. The van der Waals surface area contributed by atoms with Crippen molar-refractivity contribution in [1.29, 1.82) is 0 Å². The van der Waals surface area contributed by atoms with Crippen LogP contribution in [0.5, 0.6) is 11.5 Å². The van der Waals surface area contributed by atoms with E-state index in [-0.39, 0.29) is 17.6 Å². The Kier molecular flexibility index (Phi) is 8.45. The van der Waals surface area contributed by atoms with E-state index >= 15 is 0 Å². The number of fused-ring (bicyclic) bond motifs is 1. The van der Waals surface area contributed by atoms with E-state index in [1.165, 1.54) is 11.3 Å². The predicted molar refractivity (Wildman–Crippen MR) is 154 cm³/mol. The quantitative estimate of drug-likeness (QED) is 0.369. The fourth-order valence-electron chi connectivity index (χ4n) is 4.73. The van der Waals surface area contributed by atoms with Gasteiger partial charge in [0.25, 0.3) is 5.56 Å². The Labute approximate surface area is 233 Å². The molecule has 1 aliphatic heterocycles. The molecule has 8 heteroatoms. The van der Waals surface area contributed by atoms with Crippen molar-refractivity contribution in [2.45, 2.75) is 66.5 Å². The lowest BCUT2D eigenvalue weighted by Gasteiger charge is -2.25. The molecule has 3 aromatic rings. The van der Waals surface area contributed by atoms with Gasteiger partial charge in [-0.2, -0.15) is 0 Å². The zero-order chi connectivity index (χ0) is 28.4. The largest absolute Gasteiger partial charge is 0.496 e. The molecule has 0 saturated heterocycles. The lowest BCUT2D eigenvalue weighted by Crippen LogP contribution is -2.40. The average Bonchev–Trinajstić information content (AvgIpc) is 3.18. The Bertz CT molecular complexity index is 1590. The summed E-state index contributed by atoms with van der Waals surface area (Å²) < 4.78 is 18.9. The normalized spacial score (nSPS) is 15.4. The zero-order valence-electron chi connectivity index (χ0n) is 23.8. The number of thiazole rings is 1. The minimum atomic E-state index is -0.673. The number of aromatic nitrogens is 1. The van der Waals surface area contributed by atoms with Crippen LogP contribution in [0, 0.1) is 6.92 Å². The summed E-state index contributed by atoms with van der Waals surface area (Å²) in [7, 11) is 1.67. The van der Waals surface area contributed by atoms with Crippen molar-refractivity contribution in [2.75, 3.05) is 13.7 Å². The molecular formula is C31H36N2O5S. The second-order valence-corrected chi connectivity index (χ2v) is 11.2. The number of nitrogens with zero attached hydrogens (tertiary/aromatic N) is 2. The number of benzene rings is 2. The van der Waals surface area contributed by atoms with Gasteiger partial charge in [-0.05, 0) is 93.1 Å². The molecule has 2 heterocycles. The molecule has 0 saturated carbocycles. The van der Waals surface area contributed by atoms with Gasteiger partial charge in [-0.15, -0.1) is 0 Å². The van der Waals surface area contributed by atoms with Crippen LogP contribution in [-0.2, 0) is 9.53 Å². The van der Waals surface area contributed by atoms with Crippen LogP contribution >= 0.6 is 11.3 Å². The molecular weight excluding hydrogens is 512 g/mol. The Hall–Kier alpha value is -3.65. The van der Waals surface area contributed by atoms with Crippen LogP contribution in [0.1, 0.15) is 75.8 Å². The van der Waals surface area contributed by atoms with Gasteiger partial charge in [0.15, 0.2) is 4.80 Å². The number of methoxy groups -OCH3 is 1. The fourth-order valence-corrected chi connectivity index (χ4v) is 5.77. The molecule has 4 rings (SSSR count). The summed E-state index contributed by atoms with van der Waals surface area (Å²) >= 11 is 1.32. The second kappa shape index (κ2) is 11.6. The summed E-state index contributed by atoms with van der Waals surface area (Å²) in [6.07, 6.45) is 1.60. The van der Waals surface area contributed by atoms with Gasteiger partial charge in [0.2, 0.25) is 0 Å². The molecule has 0 fully saturated rings. The molecule has 0 bridgehead atoms. The van der Waals surface area contributed by atoms with Gasteiger partial charge in [0.1, 0.15) is 11.5 Å². The van der Waals surface area contributed by atoms with Gasteiger partial charge in [-0.1, -0.05) is 37.3 Å². The van der Waals surface area contributed by atoms with Gasteiger partial charge >= 0.3 is 5.97 Å². The van der Waals surface area contributed by atoms with Crippen LogP contribution in [-0.4, -0.2) is 30.4 Å². The third-order valence-corrected chi connectivity index (χ3v) is 7.60. The van der Waals surface area contributed by atoms with Crippen molar-refractivity contribution in [2.24, 2.45) is 4.99 Å². The first-order chi connectivity index (χ1) is 18.5. The third-order valence-electron chi connectivity index (χ3n) is 6.62. The van der Waals surface area contributed by atoms with E-state index in [1.807, 2.05) is 50.3 Å². The number of aryl methyl sites for hydroxylation is 1. The van der Waals surface area contributed by atoms with Gasteiger partial charge < -0.3 is 14.2 Å². The summed E-state index contributed by atoms with van der Waals surface area (Å²) in [4.78, 5) is 32.5. The van der Waals surface area contributed by atoms with Crippen LogP contribution < -0.4 is 24.4 Å². The molecule has 0 radical (unpaired) electrons. The highest BCUT2D eigenvalue weighted by Gasteiger charge is 2.33. The van der Waals surface area contributed by atoms with E-state index in [2.05, 4.69) is 19.9 Å². The lowest BCUT2D eigenvalue weighted by molar-refractivity contribution is -0.143. The standard InChI is InChI=1S/C31H36N2O5S/c1-9-37-23-12-10-21(11-13-23)28-27(30(35)38-18(4)5)20(7)32-31-33(28)29(34)26(39-31)16-22-15-24(17(2)3)25(36-8)14-19(22)6/h10-18,28H,9H2,1-8H3/b26-16-/t28-/m0/s1. The minimum Gasteiger partial charge on any atom is -0.496 e. The number of hydrogen-bond acceptors (Lipinski definition) is 7. The van der Waals surface area contributed by atoms with Gasteiger partial charge in [0.05, 0.1) is 41.7 Å². The van der Waals surface area contributed by atoms with Crippen molar-refractivity contribution >= 4 is 23.4 Å². The highest BCUT2D eigenvalue weighted by molar-refractivity contribution is 7.07. The van der Waals surface area contributed by atoms with Gasteiger partial charge in [-0.25, -0.2) is 9.79 Å². The highest BCUT2D eigenvalue weighted by Crippen LogP contribution is 2.32. The lowest BCUT2D eigenvalue weighted by atomic mass is 9.95. The average molecular weight is 549 g/mol. The second-order valence-electron chi connectivity index (χ2n) is 10.1. The molecule has 1 atom stereocenters. The van der Waals surface area contributed by atoms with Crippen molar-refractivity contribution in [3.8, 4) is 11.5 Å². The van der Waals surface area contributed by atoms with E-state index in [4.69, 9.17) is 19.2 Å². The van der Waals surface area contributed by atoms with Crippen molar-refractivity contribution in [1.82, 2.24) is 4.57 Å². The van der Waals surface area contributed by atoms with E-state index in [0.717, 1.165) is 33.8 Å². The molecule has 0 unspecified atom stereocenters. The van der Waals surface area contributed by atoms with Crippen LogP contribution in [0.25, 0.3) is 6.08 Å².